The molecular weight excluding hydrogens is 292 g/mol. The molecule has 0 aromatic heterocycles. The first-order valence-corrected chi connectivity index (χ1v) is 6.59. The van der Waals surface area contributed by atoms with Gasteiger partial charge in [0.05, 0.1) is 12.4 Å². The summed E-state index contributed by atoms with van der Waals surface area (Å²) in [6, 6.07) is 7.70. The van der Waals surface area contributed by atoms with E-state index in [4.69, 9.17) is 24.4 Å². The highest BCUT2D eigenvalue weighted by Crippen LogP contribution is 2.00. The first-order chi connectivity index (χ1) is 9.65. The predicted molar refractivity (Wildman–Crippen MR) is 91.2 cm³/mol. The van der Waals surface area contributed by atoms with Crippen molar-refractivity contribution < 1.29 is 0 Å². The Bertz CT molecular complexity index is 483. The van der Waals surface area contributed by atoms with Crippen molar-refractivity contribution in [1.82, 2.24) is 21.5 Å². The maximum absolute atomic E-state index is 4.91. The second-order valence-electron chi connectivity index (χ2n) is 3.57. The molecule has 6 nitrogen and oxygen atoms in total. The van der Waals surface area contributed by atoms with Gasteiger partial charge >= 0.3 is 0 Å². The van der Waals surface area contributed by atoms with Crippen molar-refractivity contribution in [1.29, 1.82) is 0 Å². The molecule has 4 N–H and O–H groups in total. The Labute approximate surface area is 128 Å². The van der Waals surface area contributed by atoms with Gasteiger partial charge in [-0.3, -0.25) is 10.9 Å². The fraction of sp³-hybridized carbons (Fsp3) is 0.167. The van der Waals surface area contributed by atoms with E-state index < -0.39 is 0 Å². The fourth-order valence-electron chi connectivity index (χ4n) is 1.16. The molecule has 1 aromatic carbocycles. The minimum Gasteiger partial charge on any atom is -0.364 e. The summed E-state index contributed by atoms with van der Waals surface area (Å²) < 4.78 is 0. The number of thiocarbonyl (C=S) groups is 2. The van der Waals surface area contributed by atoms with Crippen LogP contribution in [0.15, 0.2) is 34.5 Å². The van der Waals surface area contributed by atoms with Gasteiger partial charge in [-0.15, -0.1) is 0 Å². The van der Waals surface area contributed by atoms with E-state index in [0.29, 0.717) is 10.2 Å². The van der Waals surface area contributed by atoms with Gasteiger partial charge in [-0.05, 0) is 41.6 Å². The van der Waals surface area contributed by atoms with Gasteiger partial charge in [0.25, 0.3) is 0 Å². The average Bonchev–Trinajstić information content (AvgIpc) is 2.47. The highest BCUT2D eigenvalue weighted by Gasteiger charge is 1.92. The Kier molecular flexibility index (Phi) is 7.15. The third-order valence-electron chi connectivity index (χ3n) is 2.12. The number of hydrazone groups is 2. The third-order valence-corrected chi connectivity index (χ3v) is 2.72. The lowest BCUT2D eigenvalue weighted by Gasteiger charge is -2.01. The molecule has 106 valence electrons. The third kappa shape index (κ3) is 6.21. The lowest BCUT2D eigenvalue weighted by molar-refractivity contribution is 0.981. The monoisotopic (exact) mass is 308 g/mol. The highest BCUT2D eigenvalue weighted by atomic mass is 32.1. The molecule has 0 unspecified atom stereocenters. The number of hydrogen-bond acceptors (Lipinski definition) is 4. The van der Waals surface area contributed by atoms with Crippen molar-refractivity contribution in [3.05, 3.63) is 35.4 Å². The fourth-order valence-corrected chi connectivity index (χ4v) is 1.27. The van der Waals surface area contributed by atoms with E-state index >= 15 is 0 Å². The summed E-state index contributed by atoms with van der Waals surface area (Å²) in [5, 5.41) is 14.5. The van der Waals surface area contributed by atoms with Gasteiger partial charge < -0.3 is 10.6 Å². The zero-order valence-electron chi connectivity index (χ0n) is 11.2. The predicted octanol–water partition coefficient (Wildman–Crippen LogP) is 0.542. The maximum atomic E-state index is 4.91. The molecule has 0 fully saturated rings. The van der Waals surface area contributed by atoms with Gasteiger partial charge in [0, 0.05) is 14.1 Å². The van der Waals surface area contributed by atoms with Gasteiger partial charge in [-0.25, -0.2) is 0 Å². The second-order valence-corrected chi connectivity index (χ2v) is 4.38. The van der Waals surface area contributed by atoms with Crippen LogP contribution in [0.2, 0.25) is 0 Å². The van der Waals surface area contributed by atoms with E-state index in [1.165, 1.54) is 0 Å². The number of rotatable bonds is 4. The first kappa shape index (κ1) is 16.0. The molecule has 8 heteroatoms. The molecule has 0 heterocycles. The van der Waals surface area contributed by atoms with Crippen molar-refractivity contribution in [2.24, 2.45) is 10.2 Å². The van der Waals surface area contributed by atoms with Crippen LogP contribution in [0, 0.1) is 0 Å². The van der Waals surface area contributed by atoms with Crippen LogP contribution in [-0.4, -0.2) is 36.7 Å². The van der Waals surface area contributed by atoms with E-state index in [2.05, 4.69) is 31.7 Å². The van der Waals surface area contributed by atoms with Crippen LogP contribution in [0.4, 0.5) is 0 Å². The topological polar surface area (TPSA) is 72.8 Å². The smallest absolute Gasteiger partial charge is 0.186 e. The van der Waals surface area contributed by atoms with Gasteiger partial charge in [0.1, 0.15) is 0 Å². The van der Waals surface area contributed by atoms with Crippen LogP contribution >= 0.6 is 24.4 Å². The molecule has 0 bridgehead atoms. The summed E-state index contributed by atoms with van der Waals surface area (Å²) >= 11 is 9.81. The quantitative estimate of drug-likeness (QED) is 0.370. The van der Waals surface area contributed by atoms with Crippen molar-refractivity contribution in [2.75, 3.05) is 14.1 Å². The SMILES string of the molecule is CNC(=S)N/N=C\c1cccc(/C=N\NC(=S)NC)c1. The molecule has 0 atom stereocenters. The highest BCUT2D eigenvalue weighted by molar-refractivity contribution is 7.80. The largest absolute Gasteiger partial charge is 0.364 e. The molecule has 0 saturated carbocycles. The molecular formula is C12H16N6S2. The molecule has 0 aliphatic carbocycles. The summed E-state index contributed by atoms with van der Waals surface area (Å²) in [7, 11) is 3.45. The minimum absolute atomic E-state index is 0.462. The van der Waals surface area contributed by atoms with Crippen LogP contribution < -0.4 is 21.5 Å². The molecule has 0 radical (unpaired) electrons. The molecule has 1 rings (SSSR count). The zero-order chi connectivity index (χ0) is 14.8. The summed E-state index contributed by atoms with van der Waals surface area (Å²) in [6.07, 6.45) is 3.35. The van der Waals surface area contributed by atoms with Crippen molar-refractivity contribution in [3.8, 4) is 0 Å². The van der Waals surface area contributed by atoms with Gasteiger partial charge in [-0.1, -0.05) is 18.2 Å². The van der Waals surface area contributed by atoms with E-state index in [9.17, 15) is 0 Å². The maximum Gasteiger partial charge on any atom is 0.186 e. The Morgan fingerprint density at radius 1 is 0.950 bits per heavy atom. The Morgan fingerprint density at radius 2 is 1.40 bits per heavy atom. The van der Waals surface area contributed by atoms with E-state index in [0.717, 1.165) is 11.1 Å². The van der Waals surface area contributed by atoms with Crippen LogP contribution in [0.5, 0.6) is 0 Å². The number of hydrogen-bond donors (Lipinski definition) is 4. The molecule has 0 saturated heterocycles. The van der Waals surface area contributed by atoms with Gasteiger partial charge in [0.15, 0.2) is 10.2 Å². The molecule has 1 aromatic rings. The van der Waals surface area contributed by atoms with E-state index in [1.54, 1.807) is 26.5 Å². The summed E-state index contributed by atoms with van der Waals surface area (Å²) in [5.41, 5.74) is 7.22. The zero-order valence-corrected chi connectivity index (χ0v) is 12.8. The molecule has 0 spiro atoms. The van der Waals surface area contributed by atoms with Gasteiger partial charge in [0.2, 0.25) is 0 Å². The normalized spacial score (nSPS) is 10.5. The lowest BCUT2D eigenvalue weighted by Crippen LogP contribution is -2.28. The first-order valence-electron chi connectivity index (χ1n) is 5.77. The number of benzene rings is 1. The van der Waals surface area contributed by atoms with E-state index in [1.807, 2.05) is 24.3 Å². The van der Waals surface area contributed by atoms with Crippen LogP contribution in [-0.2, 0) is 0 Å². The van der Waals surface area contributed by atoms with Gasteiger partial charge in [-0.2, -0.15) is 10.2 Å². The molecule has 0 aliphatic rings. The van der Waals surface area contributed by atoms with Crippen molar-refractivity contribution in [3.63, 3.8) is 0 Å². The van der Waals surface area contributed by atoms with Crippen LogP contribution in [0.1, 0.15) is 11.1 Å². The lowest BCUT2D eigenvalue weighted by atomic mass is 10.1. The standard InChI is InChI=1S/C12H16N6S2/c1-13-11(19)17-15-7-9-4-3-5-10(6-9)8-16-18-12(20)14-2/h3-8H,1-2H3,(H2,13,17,19)(H2,14,18,20)/b15-7-,16-8-. The number of nitrogens with one attached hydrogen (secondary N) is 4. The molecule has 20 heavy (non-hydrogen) atoms. The second kappa shape index (κ2) is 8.94. The minimum atomic E-state index is 0.462. The molecule has 0 aliphatic heterocycles. The van der Waals surface area contributed by atoms with Crippen LogP contribution in [0.25, 0.3) is 0 Å². The van der Waals surface area contributed by atoms with Crippen LogP contribution in [0.3, 0.4) is 0 Å². The summed E-state index contributed by atoms with van der Waals surface area (Å²) in [5.74, 6) is 0. The number of nitrogens with zero attached hydrogens (tertiary/aromatic N) is 2. The molecule has 0 amide bonds. The Hall–Kier alpha value is -2.06. The summed E-state index contributed by atoms with van der Waals surface area (Å²) in [6.45, 7) is 0. The summed E-state index contributed by atoms with van der Waals surface area (Å²) in [4.78, 5) is 0. The Morgan fingerprint density at radius 3 is 1.80 bits per heavy atom. The van der Waals surface area contributed by atoms with Crippen molar-refractivity contribution >= 4 is 47.1 Å². The van der Waals surface area contributed by atoms with Crippen molar-refractivity contribution in [2.45, 2.75) is 0 Å². The average molecular weight is 308 g/mol. The van der Waals surface area contributed by atoms with E-state index in [-0.39, 0.29) is 0 Å². The Balaban J connectivity index is 2.61.